The number of hydrogen-bond donors (Lipinski definition) is 1. The van der Waals surface area contributed by atoms with Crippen LogP contribution in [0.2, 0.25) is 0 Å². The maximum Gasteiger partial charge on any atom is 0.243 e. The Morgan fingerprint density at radius 2 is 1.67 bits per heavy atom. The number of pyridine rings is 1. The zero-order valence-corrected chi connectivity index (χ0v) is 14.2. The largest absolute Gasteiger partial charge is 0.347 e. The highest BCUT2D eigenvalue weighted by Gasteiger charge is 2.14. The molecule has 0 saturated heterocycles. The zero-order chi connectivity index (χ0) is 16.2. The number of hydrogen-bond acceptors (Lipinski definition) is 7. The molecule has 0 aliphatic heterocycles. The van der Waals surface area contributed by atoms with E-state index in [2.05, 4.69) is 36.2 Å². The molecule has 4 heterocycles. The Bertz CT molecular complexity index is 906. The van der Waals surface area contributed by atoms with Crippen LogP contribution in [-0.2, 0) is 6.54 Å². The predicted molar refractivity (Wildman–Crippen MR) is 98.0 cm³/mol. The van der Waals surface area contributed by atoms with Crippen LogP contribution in [0.4, 0.5) is 5.95 Å². The van der Waals surface area contributed by atoms with Crippen molar-refractivity contribution < 1.29 is 0 Å². The molecule has 0 amide bonds. The molecule has 24 heavy (non-hydrogen) atoms. The third-order valence-corrected chi connectivity index (χ3v) is 4.80. The lowest BCUT2D eigenvalue weighted by Crippen LogP contribution is -2.07. The minimum atomic E-state index is 0.501. The topological polar surface area (TPSA) is 63.6 Å². The molecule has 0 atom stereocenters. The molecule has 0 aromatic carbocycles. The van der Waals surface area contributed by atoms with Crippen LogP contribution in [0.15, 0.2) is 58.0 Å². The van der Waals surface area contributed by atoms with Gasteiger partial charge < -0.3 is 5.32 Å². The highest BCUT2D eigenvalue weighted by Crippen LogP contribution is 2.31. The van der Waals surface area contributed by atoms with E-state index in [0.717, 1.165) is 28.2 Å². The van der Waals surface area contributed by atoms with Gasteiger partial charge in [-0.3, -0.25) is 4.98 Å². The lowest BCUT2D eigenvalue weighted by Gasteiger charge is -2.08. The summed E-state index contributed by atoms with van der Waals surface area (Å²) in [6, 6.07) is 9.89. The summed E-state index contributed by atoms with van der Waals surface area (Å²) in [6.45, 7) is 0.559. The van der Waals surface area contributed by atoms with Crippen molar-refractivity contribution in [3.05, 3.63) is 63.7 Å². The van der Waals surface area contributed by atoms with Crippen molar-refractivity contribution in [1.82, 2.24) is 20.2 Å². The quantitative estimate of drug-likeness (QED) is 0.579. The number of anilines is 1. The van der Waals surface area contributed by atoms with Crippen LogP contribution >= 0.6 is 22.7 Å². The monoisotopic (exact) mass is 351 g/mol. The summed E-state index contributed by atoms with van der Waals surface area (Å²) in [5.74, 6) is 0.501. The van der Waals surface area contributed by atoms with Crippen molar-refractivity contribution in [3.8, 4) is 22.5 Å². The molecule has 0 aliphatic rings. The summed E-state index contributed by atoms with van der Waals surface area (Å²) in [7, 11) is 0. The Balaban J connectivity index is 1.66. The van der Waals surface area contributed by atoms with E-state index >= 15 is 0 Å². The van der Waals surface area contributed by atoms with Gasteiger partial charge in [0.15, 0.2) is 0 Å². The van der Waals surface area contributed by atoms with E-state index in [1.165, 1.54) is 0 Å². The van der Waals surface area contributed by atoms with Gasteiger partial charge in [-0.2, -0.15) is 22.7 Å². The Morgan fingerprint density at radius 3 is 2.33 bits per heavy atom. The number of thiophene rings is 2. The van der Waals surface area contributed by atoms with Gasteiger partial charge in [0, 0.05) is 28.1 Å². The Morgan fingerprint density at radius 1 is 0.875 bits per heavy atom. The average Bonchev–Trinajstić information content (AvgIpc) is 3.34. The van der Waals surface area contributed by atoms with Crippen molar-refractivity contribution in [2.24, 2.45) is 0 Å². The molecule has 1 N–H and O–H groups in total. The number of nitrogens with zero attached hydrogens (tertiary/aromatic N) is 4. The summed E-state index contributed by atoms with van der Waals surface area (Å²) in [5, 5.41) is 20.0. The fourth-order valence-corrected chi connectivity index (χ4v) is 3.55. The summed E-state index contributed by atoms with van der Waals surface area (Å²) >= 11 is 3.28. The first kappa shape index (κ1) is 14.9. The van der Waals surface area contributed by atoms with E-state index in [0.29, 0.717) is 12.5 Å². The minimum Gasteiger partial charge on any atom is -0.347 e. The molecule has 118 valence electrons. The molecular formula is C17H13N5S2. The van der Waals surface area contributed by atoms with E-state index in [9.17, 15) is 0 Å². The number of nitrogens with one attached hydrogen (secondary N) is 1. The molecule has 4 aromatic rings. The fraction of sp³-hybridized carbons (Fsp3) is 0.0588. The van der Waals surface area contributed by atoms with Gasteiger partial charge in [0.05, 0.1) is 12.2 Å². The van der Waals surface area contributed by atoms with E-state index in [4.69, 9.17) is 0 Å². The van der Waals surface area contributed by atoms with Gasteiger partial charge in [-0.25, -0.2) is 4.98 Å². The summed E-state index contributed by atoms with van der Waals surface area (Å²) in [6.07, 6.45) is 1.77. The molecule has 0 saturated carbocycles. The van der Waals surface area contributed by atoms with E-state index < -0.39 is 0 Å². The number of rotatable bonds is 5. The molecule has 0 spiro atoms. The van der Waals surface area contributed by atoms with Crippen LogP contribution in [0.5, 0.6) is 0 Å². The lowest BCUT2D eigenvalue weighted by atomic mass is 10.1. The van der Waals surface area contributed by atoms with Crippen LogP contribution in [-0.4, -0.2) is 20.2 Å². The summed E-state index contributed by atoms with van der Waals surface area (Å²) in [4.78, 5) is 8.97. The van der Waals surface area contributed by atoms with E-state index in [-0.39, 0.29) is 0 Å². The van der Waals surface area contributed by atoms with Crippen molar-refractivity contribution in [1.29, 1.82) is 0 Å². The zero-order valence-electron chi connectivity index (χ0n) is 12.6. The van der Waals surface area contributed by atoms with Crippen LogP contribution in [0.1, 0.15) is 5.69 Å². The Labute approximate surface area is 147 Å². The van der Waals surface area contributed by atoms with Gasteiger partial charge in [0.1, 0.15) is 11.4 Å². The molecule has 5 nitrogen and oxygen atoms in total. The highest BCUT2D eigenvalue weighted by molar-refractivity contribution is 7.08. The molecule has 4 rings (SSSR count). The van der Waals surface area contributed by atoms with Gasteiger partial charge in [-0.15, -0.1) is 10.2 Å². The smallest absolute Gasteiger partial charge is 0.243 e. The molecule has 4 aromatic heterocycles. The third kappa shape index (κ3) is 3.17. The van der Waals surface area contributed by atoms with Gasteiger partial charge in [-0.05, 0) is 35.0 Å². The summed E-state index contributed by atoms with van der Waals surface area (Å²) < 4.78 is 0. The second-order valence-electron chi connectivity index (χ2n) is 5.03. The maximum atomic E-state index is 4.69. The molecule has 0 radical (unpaired) electrons. The normalized spacial score (nSPS) is 10.7. The van der Waals surface area contributed by atoms with Crippen LogP contribution in [0, 0.1) is 0 Å². The Kier molecular flexibility index (Phi) is 4.26. The molecule has 0 fully saturated rings. The van der Waals surface area contributed by atoms with Gasteiger partial charge in [-0.1, -0.05) is 6.07 Å². The highest BCUT2D eigenvalue weighted by atomic mass is 32.1. The maximum absolute atomic E-state index is 4.69. The second-order valence-corrected chi connectivity index (χ2v) is 6.59. The molecule has 0 unspecified atom stereocenters. The standard InChI is InChI=1S/C17H13N5S2/c1-2-6-18-14(3-1)9-19-17-20-15(12-4-7-23-10-12)16(21-22-17)13-5-8-24-11-13/h1-8,10-11H,9H2,(H,19,20,22). The Hall–Kier alpha value is -2.64. The van der Waals surface area contributed by atoms with E-state index in [1.54, 1.807) is 28.9 Å². The molecule has 0 bridgehead atoms. The first-order valence-corrected chi connectivity index (χ1v) is 9.22. The van der Waals surface area contributed by atoms with Crippen molar-refractivity contribution in [3.63, 3.8) is 0 Å². The van der Waals surface area contributed by atoms with Crippen molar-refractivity contribution in [2.75, 3.05) is 5.32 Å². The minimum absolute atomic E-state index is 0.501. The molecular weight excluding hydrogens is 338 g/mol. The number of aromatic nitrogens is 4. The van der Waals surface area contributed by atoms with Crippen LogP contribution in [0.3, 0.4) is 0 Å². The van der Waals surface area contributed by atoms with E-state index in [1.807, 2.05) is 41.1 Å². The lowest BCUT2D eigenvalue weighted by molar-refractivity contribution is 0.940. The second kappa shape index (κ2) is 6.86. The average molecular weight is 351 g/mol. The van der Waals surface area contributed by atoms with Crippen LogP contribution in [0.25, 0.3) is 22.5 Å². The first-order chi connectivity index (χ1) is 11.9. The van der Waals surface area contributed by atoms with Crippen molar-refractivity contribution >= 4 is 28.6 Å². The van der Waals surface area contributed by atoms with Gasteiger partial charge in [0.25, 0.3) is 0 Å². The molecule has 7 heteroatoms. The fourth-order valence-electron chi connectivity index (χ4n) is 2.27. The predicted octanol–water partition coefficient (Wildman–Crippen LogP) is 4.34. The van der Waals surface area contributed by atoms with Crippen LogP contribution < -0.4 is 5.32 Å². The first-order valence-electron chi connectivity index (χ1n) is 7.34. The third-order valence-electron chi connectivity index (χ3n) is 3.43. The molecule has 0 aliphatic carbocycles. The van der Waals surface area contributed by atoms with Gasteiger partial charge >= 0.3 is 0 Å². The SMILES string of the molecule is c1ccc(CNc2nnc(-c3ccsc3)c(-c3ccsc3)n2)nc1. The summed E-state index contributed by atoms with van der Waals surface area (Å²) in [5.41, 5.74) is 4.67. The van der Waals surface area contributed by atoms with Gasteiger partial charge in [0.2, 0.25) is 5.95 Å². The van der Waals surface area contributed by atoms with Crippen molar-refractivity contribution in [2.45, 2.75) is 6.54 Å².